The van der Waals surface area contributed by atoms with Gasteiger partial charge in [-0.25, -0.2) is 4.39 Å². The van der Waals surface area contributed by atoms with Crippen LogP contribution in [-0.4, -0.2) is 17.5 Å². The highest BCUT2D eigenvalue weighted by molar-refractivity contribution is 8.00. The molecule has 1 aromatic carbocycles. The van der Waals surface area contributed by atoms with Crippen LogP contribution in [-0.2, 0) is 0 Å². The fraction of sp³-hybridized carbons (Fsp3) is 0.600. The van der Waals surface area contributed by atoms with Crippen molar-refractivity contribution in [3.05, 3.63) is 35.1 Å². The van der Waals surface area contributed by atoms with E-state index in [1.807, 2.05) is 13.0 Å². The van der Waals surface area contributed by atoms with Gasteiger partial charge in [0.25, 0.3) is 0 Å². The summed E-state index contributed by atoms with van der Waals surface area (Å²) >= 11 is 2.05. The Balaban J connectivity index is 2.20. The molecule has 2 rings (SSSR count). The molecular weight excluding hydrogens is 245 g/mol. The molecule has 3 heteroatoms. The highest BCUT2D eigenvalue weighted by Gasteiger charge is 2.27. The largest absolute Gasteiger partial charge is 0.309 e. The molecule has 1 fully saturated rings. The topological polar surface area (TPSA) is 12.0 Å². The van der Waals surface area contributed by atoms with Gasteiger partial charge >= 0.3 is 0 Å². The van der Waals surface area contributed by atoms with Gasteiger partial charge in [0.2, 0.25) is 0 Å². The highest BCUT2D eigenvalue weighted by Crippen LogP contribution is 2.37. The van der Waals surface area contributed by atoms with Crippen LogP contribution in [0.3, 0.4) is 0 Å². The molecule has 0 radical (unpaired) electrons. The molecule has 0 spiro atoms. The molecule has 1 aliphatic heterocycles. The third kappa shape index (κ3) is 3.27. The van der Waals surface area contributed by atoms with Crippen LogP contribution in [0.5, 0.6) is 0 Å². The smallest absolute Gasteiger partial charge is 0.123 e. The van der Waals surface area contributed by atoms with Gasteiger partial charge in [0.15, 0.2) is 0 Å². The molecule has 2 unspecified atom stereocenters. The molecule has 1 heterocycles. The summed E-state index contributed by atoms with van der Waals surface area (Å²) in [7, 11) is 0. The number of rotatable bonds is 5. The van der Waals surface area contributed by atoms with E-state index in [4.69, 9.17) is 0 Å². The number of thioether (sulfide) groups is 1. The summed E-state index contributed by atoms with van der Waals surface area (Å²) in [4.78, 5) is 0. The summed E-state index contributed by atoms with van der Waals surface area (Å²) in [6, 6.07) is 5.56. The molecular formula is C15H22FNS. The van der Waals surface area contributed by atoms with Crippen molar-refractivity contribution in [2.45, 2.75) is 44.4 Å². The van der Waals surface area contributed by atoms with Crippen LogP contribution in [0.4, 0.5) is 4.39 Å². The van der Waals surface area contributed by atoms with E-state index in [9.17, 15) is 4.39 Å². The predicted octanol–water partition coefficient (Wildman–Crippen LogP) is 4.07. The lowest BCUT2D eigenvalue weighted by Crippen LogP contribution is -2.30. The van der Waals surface area contributed by atoms with Crippen molar-refractivity contribution in [2.75, 3.05) is 12.3 Å². The van der Waals surface area contributed by atoms with E-state index in [-0.39, 0.29) is 5.82 Å². The van der Waals surface area contributed by atoms with Crippen molar-refractivity contribution in [1.29, 1.82) is 0 Å². The van der Waals surface area contributed by atoms with Gasteiger partial charge in [0.1, 0.15) is 5.82 Å². The molecule has 18 heavy (non-hydrogen) atoms. The third-order valence-electron chi connectivity index (χ3n) is 3.52. The van der Waals surface area contributed by atoms with Gasteiger partial charge in [0.05, 0.1) is 0 Å². The summed E-state index contributed by atoms with van der Waals surface area (Å²) in [6.07, 6.45) is 3.71. The number of hydrogen-bond acceptors (Lipinski definition) is 2. The maximum Gasteiger partial charge on any atom is 0.123 e. The summed E-state index contributed by atoms with van der Waals surface area (Å²) in [5, 5.41) is 4.28. The average Bonchev–Trinajstić information content (AvgIpc) is 2.85. The Labute approximate surface area is 114 Å². The zero-order valence-electron chi connectivity index (χ0n) is 11.2. The van der Waals surface area contributed by atoms with Crippen molar-refractivity contribution in [3.8, 4) is 0 Å². The summed E-state index contributed by atoms with van der Waals surface area (Å²) in [5.41, 5.74) is 2.33. The Kier molecular flexibility index (Phi) is 5.07. The van der Waals surface area contributed by atoms with E-state index in [1.165, 1.54) is 24.2 Å². The molecule has 0 aliphatic carbocycles. The fourth-order valence-electron chi connectivity index (χ4n) is 2.60. The summed E-state index contributed by atoms with van der Waals surface area (Å²) in [6.45, 7) is 5.22. The summed E-state index contributed by atoms with van der Waals surface area (Å²) in [5.74, 6) is 1.12. The molecule has 1 saturated heterocycles. The van der Waals surface area contributed by atoms with E-state index < -0.39 is 0 Å². The van der Waals surface area contributed by atoms with E-state index in [2.05, 4.69) is 24.0 Å². The van der Waals surface area contributed by atoms with Gasteiger partial charge < -0.3 is 5.32 Å². The number of hydrogen-bond donors (Lipinski definition) is 1. The summed E-state index contributed by atoms with van der Waals surface area (Å²) < 4.78 is 13.2. The van der Waals surface area contributed by atoms with Crippen LogP contribution in [0.1, 0.15) is 43.4 Å². The van der Waals surface area contributed by atoms with E-state index >= 15 is 0 Å². The Hall–Kier alpha value is -0.540. The van der Waals surface area contributed by atoms with Crippen molar-refractivity contribution >= 4 is 11.8 Å². The Bertz CT molecular complexity index is 388. The van der Waals surface area contributed by atoms with Gasteiger partial charge in [-0.05, 0) is 61.7 Å². The van der Waals surface area contributed by atoms with Crippen molar-refractivity contribution in [2.24, 2.45) is 0 Å². The van der Waals surface area contributed by atoms with Gasteiger partial charge in [-0.1, -0.05) is 13.0 Å². The number of nitrogens with one attached hydrogen (secondary N) is 1. The molecule has 0 amide bonds. The Morgan fingerprint density at radius 3 is 2.94 bits per heavy atom. The first kappa shape index (κ1) is 13.9. The predicted molar refractivity (Wildman–Crippen MR) is 77.7 cm³/mol. The van der Waals surface area contributed by atoms with Gasteiger partial charge in [0, 0.05) is 11.3 Å². The molecule has 2 atom stereocenters. The van der Waals surface area contributed by atoms with Gasteiger partial charge in [-0.2, -0.15) is 11.8 Å². The average molecular weight is 267 g/mol. The second-order valence-electron chi connectivity index (χ2n) is 4.98. The number of aryl methyl sites for hydroxylation is 1. The van der Waals surface area contributed by atoms with Gasteiger partial charge in [-0.15, -0.1) is 0 Å². The van der Waals surface area contributed by atoms with E-state index in [1.54, 1.807) is 12.1 Å². The Morgan fingerprint density at radius 1 is 1.50 bits per heavy atom. The lowest BCUT2D eigenvalue weighted by molar-refractivity contribution is 0.500. The number of halogens is 1. The molecule has 100 valence electrons. The normalized spacial score (nSPS) is 21.2. The van der Waals surface area contributed by atoms with Crippen LogP contribution in [0.25, 0.3) is 0 Å². The minimum Gasteiger partial charge on any atom is -0.309 e. The van der Waals surface area contributed by atoms with Crippen LogP contribution < -0.4 is 5.32 Å². The van der Waals surface area contributed by atoms with Crippen LogP contribution in [0, 0.1) is 12.7 Å². The molecule has 0 saturated carbocycles. The Morgan fingerprint density at radius 2 is 2.33 bits per heavy atom. The lowest BCUT2D eigenvalue weighted by atomic mass is 9.96. The maximum atomic E-state index is 13.2. The molecule has 0 bridgehead atoms. The molecule has 1 aromatic rings. The second kappa shape index (κ2) is 6.58. The quantitative estimate of drug-likeness (QED) is 0.863. The molecule has 1 N–H and O–H groups in total. The third-order valence-corrected chi connectivity index (χ3v) is 4.98. The van der Waals surface area contributed by atoms with E-state index in [0.29, 0.717) is 11.3 Å². The van der Waals surface area contributed by atoms with Crippen molar-refractivity contribution < 1.29 is 4.39 Å². The first-order valence-corrected chi connectivity index (χ1v) is 7.88. The first-order chi connectivity index (χ1) is 8.72. The minimum absolute atomic E-state index is 0.135. The second-order valence-corrected chi connectivity index (χ2v) is 6.33. The fourth-order valence-corrected chi connectivity index (χ4v) is 4.00. The monoisotopic (exact) mass is 267 g/mol. The van der Waals surface area contributed by atoms with Crippen LogP contribution in [0.2, 0.25) is 0 Å². The van der Waals surface area contributed by atoms with Crippen molar-refractivity contribution in [1.82, 2.24) is 5.32 Å². The van der Waals surface area contributed by atoms with Crippen LogP contribution in [0.15, 0.2) is 18.2 Å². The number of benzene rings is 1. The zero-order chi connectivity index (χ0) is 13.0. The molecule has 1 aliphatic rings. The van der Waals surface area contributed by atoms with Gasteiger partial charge in [-0.3, -0.25) is 0 Å². The maximum absolute atomic E-state index is 13.2. The molecule has 0 aromatic heterocycles. The lowest BCUT2D eigenvalue weighted by Gasteiger charge is -2.26. The minimum atomic E-state index is -0.135. The van der Waals surface area contributed by atoms with E-state index in [0.717, 1.165) is 18.5 Å². The molecule has 1 nitrogen and oxygen atoms in total. The van der Waals surface area contributed by atoms with Crippen molar-refractivity contribution in [3.63, 3.8) is 0 Å². The zero-order valence-corrected chi connectivity index (χ0v) is 12.0. The standard InChI is InChI=1S/C15H22FNS/c1-3-8-17-15(14-5-4-9-18-14)13-7-6-12(16)10-11(13)2/h6-7,10,14-15,17H,3-5,8-9H2,1-2H3. The first-order valence-electron chi connectivity index (χ1n) is 6.83. The SMILES string of the molecule is CCCNC(c1ccc(F)cc1C)C1CCCS1. The highest BCUT2D eigenvalue weighted by atomic mass is 32.2. The van der Waals surface area contributed by atoms with Crippen LogP contribution >= 0.6 is 11.8 Å².